The molecule has 1 aliphatic rings. The number of methoxy groups -OCH3 is 1. The van der Waals surface area contributed by atoms with Crippen LogP contribution in [0.3, 0.4) is 0 Å². The first kappa shape index (κ1) is 20.0. The molecule has 0 spiro atoms. The monoisotopic (exact) mass is 395 g/mol. The molecule has 1 heterocycles. The van der Waals surface area contributed by atoms with Crippen LogP contribution in [0.2, 0.25) is 0 Å². The highest BCUT2D eigenvalue weighted by molar-refractivity contribution is 5.95. The number of carbonyl (C=O) groups excluding carboxylic acids is 1. The fraction of sp³-hybridized carbons (Fsp3) is 0.350. The van der Waals surface area contributed by atoms with Crippen molar-refractivity contribution in [2.45, 2.75) is 32.0 Å². The molecule has 1 atom stereocenters. The zero-order valence-electron chi connectivity index (χ0n) is 15.2. The first-order valence-corrected chi connectivity index (χ1v) is 8.78. The van der Waals surface area contributed by atoms with Gasteiger partial charge in [-0.1, -0.05) is 6.07 Å². The van der Waals surface area contributed by atoms with Crippen LogP contribution in [0.1, 0.15) is 30.1 Å². The highest BCUT2D eigenvalue weighted by atomic mass is 19.3. The van der Waals surface area contributed by atoms with E-state index in [0.717, 1.165) is 0 Å². The molecule has 0 bridgehead atoms. The third kappa shape index (κ3) is 4.39. The van der Waals surface area contributed by atoms with Gasteiger partial charge in [-0.2, -0.15) is 8.78 Å². The quantitative estimate of drug-likeness (QED) is 0.836. The summed E-state index contributed by atoms with van der Waals surface area (Å²) in [6.07, 6.45) is 0.0348. The zero-order valence-corrected chi connectivity index (χ0v) is 15.2. The van der Waals surface area contributed by atoms with Crippen molar-refractivity contribution >= 4 is 11.6 Å². The van der Waals surface area contributed by atoms with Crippen molar-refractivity contribution in [2.75, 3.05) is 18.6 Å². The normalized spacial score (nSPS) is 16.5. The molecule has 5 nitrogen and oxygen atoms in total. The Kier molecular flexibility index (Phi) is 6.08. The number of amides is 1. The van der Waals surface area contributed by atoms with Crippen LogP contribution in [0.4, 0.5) is 18.9 Å². The molecule has 1 N–H and O–H groups in total. The lowest BCUT2D eigenvalue weighted by molar-refractivity contribution is -0.118. The van der Waals surface area contributed by atoms with Crippen LogP contribution >= 0.6 is 0 Å². The van der Waals surface area contributed by atoms with Crippen LogP contribution < -0.4 is 14.4 Å². The second-order valence-electron chi connectivity index (χ2n) is 6.45. The van der Waals surface area contributed by atoms with Crippen LogP contribution in [-0.2, 0) is 11.2 Å². The average molecular weight is 395 g/mol. The number of ether oxygens (including phenoxy) is 2. The van der Waals surface area contributed by atoms with Gasteiger partial charge in [0.1, 0.15) is 5.82 Å². The molecule has 0 fully saturated rings. The summed E-state index contributed by atoms with van der Waals surface area (Å²) in [6, 6.07) is 8.31. The van der Waals surface area contributed by atoms with E-state index in [1.807, 2.05) is 0 Å². The molecule has 0 saturated heterocycles. The molecule has 0 saturated carbocycles. The van der Waals surface area contributed by atoms with E-state index in [-0.39, 0.29) is 23.8 Å². The molecule has 0 aromatic heterocycles. The molecule has 150 valence electrons. The molecular weight excluding hydrogens is 375 g/mol. The number of carbonyl (C=O) groups is 1. The maximum Gasteiger partial charge on any atom is 0.387 e. The molecule has 0 aliphatic carbocycles. The minimum absolute atomic E-state index is 0.0729. The summed E-state index contributed by atoms with van der Waals surface area (Å²) in [4.78, 5) is 14.4. The largest absolute Gasteiger partial charge is 0.493 e. The Morgan fingerprint density at radius 3 is 2.75 bits per heavy atom. The zero-order chi connectivity index (χ0) is 20.3. The van der Waals surface area contributed by atoms with Crippen LogP contribution in [0.25, 0.3) is 0 Å². The number of anilines is 1. The lowest BCUT2D eigenvalue weighted by Crippen LogP contribution is -2.33. The van der Waals surface area contributed by atoms with Gasteiger partial charge in [0.05, 0.1) is 19.6 Å². The fourth-order valence-corrected chi connectivity index (χ4v) is 3.31. The summed E-state index contributed by atoms with van der Waals surface area (Å²) < 4.78 is 48.2. The summed E-state index contributed by atoms with van der Waals surface area (Å²) in [6.45, 7) is -2.65. The summed E-state index contributed by atoms with van der Waals surface area (Å²) in [5, 5.41) is 10.2. The Balaban J connectivity index is 1.86. The van der Waals surface area contributed by atoms with Gasteiger partial charge in [0.25, 0.3) is 0 Å². The van der Waals surface area contributed by atoms with E-state index in [2.05, 4.69) is 4.74 Å². The number of aliphatic hydroxyl groups excluding tert-OH is 1. The standard InChI is InChI=1S/C20H20F3NO4/c1-27-17-7-4-12(9-18(17)28-20(22)23)10-19(26)24-8-2-3-16(25)14-11-13(21)5-6-15(14)24/h4-7,9,11,16,20,25H,2-3,8,10H2,1H3. The van der Waals surface area contributed by atoms with Crippen LogP contribution in [0.15, 0.2) is 36.4 Å². The van der Waals surface area contributed by atoms with Gasteiger partial charge < -0.3 is 19.5 Å². The molecule has 3 rings (SSSR count). The fourth-order valence-electron chi connectivity index (χ4n) is 3.31. The van der Waals surface area contributed by atoms with Gasteiger partial charge >= 0.3 is 6.61 Å². The molecule has 28 heavy (non-hydrogen) atoms. The number of benzene rings is 2. The van der Waals surface area contributed by atoms with Crippen LogP contribution in [0.5, 0.6) is 11.5 Å². The predicted molar refractivity (Wildman–Crippen MR) is 96.3 cm³/mol. The Labute approximate surface area is 160 Å². The number of nitrogens with zero attached hydrogens (tertiary/aromatic N) is 1. The van der Waals surface area contributed by atoms with E-state index in [1.165, 1.54) is 42.3 Å². The smallest absolute Gasteiger partial charge is 0.387 e. The number of aliphatic hydroxyl groups is 1. The van der Waals surface area contributed by atoms with Crippen molar-refractivity contribution in [3.8, 4) is 11.5 Å². The first-order valence-electron chi connectivity index (χ1n) is 8.78. The van der Waals surface area contributed by atoms with Gasteiger partial charge in [-0.05, 0) is 48.7 Å². The Morgan fingerprint density at radius 2 is 2.04 bits per heavy atom. The number of halogens is 3. The Hall–Kier alpha value is -2.74. The number of hydrogen-bond donors (Lipinski definition) is 1. The van der Waals surface area contributed by atoms with Gasteiger partial charge in [-0.15, -0.1) is 0 Å². The molecule has 8 heteroatoms. The maximum absolute atomic E-state index is 13.6. The van der Waals surface area contributed by atoms with Gasteiger partial charge in [0.15, 0.2) is 11.5 Å². The van der Waals surface area contributed by atoms with Gasteiger partial charge in [-0.25, -0.2) is 4.39 Å². The maximum atomic E-state index is 13.6. The van der Waals surface area contributed by atoms with Gasteiger partial charge in [0.2, 0.25) is 5.91 Å². The predicted octanol–water partition coefficient (Wildman–Crippen LogP) is 3.84. The summed E-state index contributed by atoms with van der Waals surface area (Å²) >= 11 is 0. The number of rotatable bonds is 5. The minimum Gasteiger partial charge on any atom is -0.493 e. The second kappa shape index (κ2) is 8.52. The average Bonchev–Trinajstić information content (AvgIpc) is 2.80. The van der Waals surface area contributed by atoms with E-state index in [0.29, 0.717) is 36.2 Å². The van der Waals surface area contributed by atoms with E-state index >= 15 is 0 Å². The van der Waals surface area contributed by atoms with Crippen LogP contribution in [0, 0.1) is 5.82 Å². The third-order valence-corrected chi connectivity index (χ3v) is 4.60. The van der Waals surface area contributed by atoms with E-state index < -0.39 is 18.5 Å². The number of hydrogen-bond acceptors (Lipinski definition) is 4. The van der Waals surface area contributed by atoms with Crippen molar-refractivity contribution in [1.29, 1.82) is 0 Å². The van der Waals surface area contributed by atoms with Gasteiger partial charge in [0, 0.05) is 17.8 Å². The lowest BCUT2D eigenvalue weighted by Gasteiger charge is -2.23. The summed E-state index contributed by atoms with van der Waals surface area (Å²) in [5.74, 6) is -0.807. The summed E-state index contributed by atoms with van der Waals surface area (Å²) in [5.41, 5.74) is 1.28. The molecule has 2 aromatic carbocycles. The van der Waals surface area contributed by atoms with Crippen molar-refractivity contribution < 1.29 is 32.5 Å². The van der Waals surface area contributed by atoms with Crippen molar-refractivity contribution in [2.24, 2.45) is 0 Å². The Bertz CT molecular complexity index is 859. The minimum atomic E-state index is -3.02. The third-order valence-electron chi connectivity index (χ3n) is 4.60. The highest BCUT2D eigenvalue weighted by Crippen LogP contribution is 2.34. The van der Waals surface area contributed by atoms with E-state index in [4.69, 9.17) is 4.74 Å². The highest BCUT2D eigenvalue weighted by Gasteiger charge is 2.26. The van der Waals surface area contributed by atoms with Crippen molar-refractivity contribution in [3.63, 3.8) is 0 Å². The number of alkyl halides is 2. The molecule has 1 amide bonds. The van der Waals surface area contributed by atoms with E-state index in [9.17, 15) is 23.1 Å². The van der Waals surface area contributed by atoms with Crippen LogP contribution in [-0.4, -0.2) is 31.3 Å². The molecule has 2 aromatic rings. The molecule has 1 unspecified atom stereocenters. The molecule has 1 aliphatic heterocycles. The lowest BCUT2D eigenvalue weighted by atomic mass is 10.0. The second-order valence-corrected chi connectivity index (χ2v) is 6.45. The summed E-state index contributed by atoms with van der Waals surface area (Å²) in [7, 11) is 1.33. The van der Waals surface area contributed by atoms with Gasteiger partial charge in [-0.3, -0.25) is 4.79 Å². The van der Waals surface area contributed by atoms with Crippen molar-refractivity contribution in [1.82, 2.24) is 0 Å². The SMILES string of the molecule is COc1ccc(CC(=O)N2CCCC(O)c3cc(F)ccc32)cc1OC(F)F. The topological polar surface area (TPSA) is 59.0 Å². The van der Waals surface area contributed by atoms with Crippen molar-refractivity contribution in [3.05, 3.63) is 53.3 Å². The van der Waals surface area contributed by atoms with E-state index in [1.54, 1.807) is 6.07 Å². The first-order chi connectivity index (χ1) is 13.4. The molecular formula is C20H20F3NO4. The molecule has 0 radical (unpaired) electrons. The number of fused-ring (bicyclic) bond motifs is 1. The Morgan fingerprint density at radius 1 is 1.25 bits per heavy atom.